The first kappa shape index (κ1) is 22.1. The lowest BCUT2D eigenvalue weighted by molar-refractivity contribution is -0.137. The number of hydrogen-bond donors (Lipinski definition) is 0. The normalized spacial score (nSPS) is 16.2. The predicted octanol–water partition coefficient (Wildman–Crippen LogP) is 5.19. The minimum atomic E-state index is -4.59. The van der Waals surface area contributed by atoms with E-state index < -0.39 is 29.3 Å². The highest BCUT2D eigenvalue weighted by Gasteiger charge is 2.36. The van der Waals surface area contributed by atoms with E-state index in [1.165, 1.54) is 23.4 Å². The molecule has 168 valence electrons. The summed E-state index contributed by atoms with van der Waals surface area (Å²) >= 11 is 5.86. The van der Waals surface area contributed by atoms with Gasteiger partial charge in [0.15, 0.2) is 0 Å². The Hall–Kier alpha value is -3.14. The van der Waals surface area contributed by atoms with Gasteiger partial charge < -0.3 is 9.64 Å². The van der Waals surface area contributed by atoms with E-state index in [9.17, 15) is 22.4 Å². The van der Waals surface area contributed by atoms with E-state index in [1.807, 2.05) is 6.92 Å². The van der Waals surface area contributed by atoms with Gasteiger partial charge in [0, 0.05) is 30.1 Å². The molecule has 0 saturated heterocycles. The number of halogens is 5. The maximum absolute atomic E-state index is 13.4. The zero-order valence-electron chi connectivity index (χ0n) is 16.7. The van der Waals surface area contributed by atoms with Gasteiger partial charge in [0.1, 0.15) is 19.0 Å². The Labute approximate surface area is 185 Å². The lowest BCUT2D eigenvalue weighted by Gasteiger charge is -2.32. The first-order valence-electron chi connectivity index (χ1n) is 9.62. The number of carbonyl (C=O) groups is 1. The molecule has 2 aromatic heterocycles. The summed E-state index contributed by atoms with van der Waals surface area (Å²) in [6, 6.07) is 6.20. The third-order valence-electron chi connectivity index (χ3n) is 5.05. The van der Waals surface area contributed by atoms with Gasteiger partial charge in [0.25, 0.3) is 5.91 Å². The molecule has 0 spiro atoms. The number of rotatable bonds is 5. The van der Waals surface area contributed by atoms with Crippen LogP contribution in [0.4, 0.5) is 23.2 Å². The molecule has 3 aromatic rings. The van der Waals surface area contributed by atoms with Crippen molar-refractivity contribution in [2.24, 2.45) is 0 Å². The summed E-state index contributed by atoms with van der Waals surface area (Å²) in [6.07, 6.45) is -1.60. The molecule has 6 nitrogen and oxygen atoms in total. The van der Waals surface area contributed by atoms with Crippen molar-refractivity contribution in [2.45, 2.75) is 19.1 Å². The Morgan fingerprint density at radius 1 is 1.25 bits per heavy atom. The molecule has 1 amide bonds. The summed E-state index contributed by atoms with van der Waals surface area (Å²) in [7, 11) is 0. The molecule has 1 aliphatic heterocycles. The van der Waals surface area contributed by atoms with E-state index in [0.717, 1.165) is 12.1 Å². The second-order valence-electron chi connectivity index (χ2n) is 7.20. The molecule has 3 heterocycles. The number of ether oxygens (including phenoxy) is 1. The Balaban J connectivity index is 1.72. The van der Waals surface area contributed by atoms with Crippen molar-refractivity contribution in [1.82, 2.24) is 14.8 Å². The molecule has 11 heteroatoms. The number of pyridine rings is 1. The van der Waals surface area contributed by atoms with Gasteiger partial charge in [-0.25, -0.2) is 9.37 Å². The molecule has 0 saturated carbocycles. The van der Waals surface area contributed by atoms with E-state index in [4.69, 9.17) is 16.3 Å². The first-order valence-corrected chi connectivity index (χ1v) is 9.99. The van der Waals surface area contributed by atoms with E-state index in [1.54, 1.807) is 16.8 Å². The molecule has 0 radical (unpaired) electrons. The van der Waals surface area contributed by atoms with Gasteiger partial charge in [0.2, 0.25) is 5.88 Å². The highest BCUT2D eigenvalue weighted by molar-refractivity contribution is 6.31. The zero-order valence-corrected chi connectivity index (χ0v) is 17.5. The van der Waals surface area contributed by atoms with E-state index in [2.05, 4.69) is 10.1 Å². The molecule has 0 fully saturated rings. The summed E-state index contributed by atoms with van der Waals surface area (Å²) in [5, 5.41) is 3.83. The minimum absolute atomic E-state index is 0.152. The highest BCUT2D eigenvalue weighted by Crippen LogP contribution is 2.38. The molecule has 0 unspecified atom stereocenters. The van der Waals surface area contributed by atoms with Crippen molar-refractivity contribution in [3.63, 3.8) is 0 Å². The molecule has 0 aliphatic carbocycles. The van der Waals surface area contributed by atoms with Gasteiger partial charge in [-0.3, -0.25) is 9.48 Å². The molecular weight excluding hydrogens is 452 g/mol. The molecule has 1 aliphatic rings. The zero-order chi connectivity index (χ0) is 23.0. The fourth-order valence-corrected chi connectivity index (χ4v) is 3.88. The molecule has 0 bridgehead atoms. The van der Waals surface area contributed by atoms with Crippen LogP contribution in [-0.2, 0) is 6.18 Å². The quantitative estimate of drug-likeness (QED) is 0.484. The first-order chi connectivity index (χ1) is 15.2. The van der Waals surface area contributed by atoms with Crippen LogP contribution in [0.1, 0.15) is 29.0 Å². The fourth-order valence-electron chi connectivity index (χ4n) is 3.60. The largest absolute Gasteiger partial charge is 0.475 e. The van der Waals surface area contributed by atoms with Crippen molar-refractivity contribution in [3.8, 4) is 17.0 Å². The second-order valence-corrected chi connectivity index (χ2v) is 7.61. The SMILES string of the molecule is C[C@H]1CN(c2ccc(C(F)(F)F)c(Cl)c2)C(=O)c2c(-c3ccnc(OCCF)c3)cnn21. The molecule has 1 aromatic carbocycles. The number of hydrogen-bond acceptors (Lipinski definition) is 4. The molecule has 4 rings (SSSR count). The van der Waals surface area contributed by atoms with Gasteiger partial charge >= 0.3 is 6.18 Å². The maximum Gasteiger partial charge on any atom is 0.417 e. The van der Waals surface area contributed by atoms with Crippen LogP contribution in [0.2, 0.25) is 5.02 Å². The highest BCUT2D eigenvalue weighted by atomic mass is 35.5. The van der Waals surface area contributed by atoms with Crippen LogP contribution in [0, 0.1) is 0 Å². The number of carbonyl (C=O) groups excluding carboxylic acids is 1. The molecular formula is C21H17ClF4N4O2. The van der Waals surface area contributed by atoms with Crippen LogP contribution in [0.5, 0.6) is 5.88 Å². The van der Waals surface area contributed by atoms with Gasteiger partial charge in [-0.05, 0) is 36.8 Å². The second kappa shape index (κ2) is 8.42. The van der Waals surface area contributed by atoms with Crippen LogP contribution in [0.15, 0.2) is 42.7 Å². The lowest BCUT2D eigenvalue weighted by Crippen LogP contribution is -2.42. The average Bonchev–Trinajstić information content (AvgIpc) is 3.20. The Bertz CT molecular complexity index is 1160. The summed E-state index contributed by atoms with van der Waals surface area (Å²) in [6.45, 7) is 1.22. The third-order valence-corrected chi connectivity index (χ3v) is 5.36. The third kappa shape index (κ3) is 4.02. The van der Waals surface area contributed by atoms with Crippen molar-refractivity contribution in [3.05, 3.63) is 59.0 Å². The van der Waals surface area contributed by atoms with E-state index in [0.29, 0.717) is 11.1 Å². The average molecular weight is 469 g/mol. The number of anilines is 1. The van der Waals surface area contributed by atoms with Crippen molar-refractivity contribution in [1.29, 1.82) is 0 Å². The number of alkyl halides is 4. The number of amides is 1. The summed E-state index contributed by atoms with van der Waals surface area (Å²) in [5.74, 6) is -0.239. The monoisotopic (exact) mass is 468 g/mol. The number of benzene rings is 1. The predicted molar refractivity (Wildman–Crippen MR) is 110 cm³/mol. The maximum atomic E-state index is 13.4. The topological polar surface area (TPSA) is 60.3 Å². The van der Waals surface area contributed by atoms with Crippen LogP contribution < -0.4 is 9.64 Å². The standard InChI is InChI=1S/C21H17ClF4N4O2/c1-12-11-29(14-2-3-16(17(22)9-14)21(24,25)26)20(31)19-15(10-28-30(12)19)13-4-6-27-18(8-13)32-7-5-23/h2-4,6,8-10,12H,5,7,11H2,1H3/t12-/m0/s1. The van der Waals surface area contributed by atoms with E-state index >= 15 is 0 Å². The van der Waals surface area contributed by atoms with E-state index in [-0.39, 0.29) is 36.5 Å². The van der Waals surface area contributed by atoms with Crippen molar-refractivity contribution < 1.29 is 27.1 Å². The van der Waals surface area contributed by atoms with Crippen LogP contribution in [0.3, 0.4) is 0 Å². The lowest BCUT2D eigenvalue weighted by atomic mass is 10.0. The minimum Gasteiger partial charge on any atom is -0.475 e. The number of aromatic nitrogens is 3. The van der Waals surface area contributed by atoms with Crippen LogP contribution in [-0.4, -0.2) is 40.5 Å². The Morgan fingerprint density at radius 3 is 2.72 bits per heavy atom. The fraction of sp³-hybridized carbons (Fsp3) is 0.286. The van der Waals surface area contributed by atoms with Crippen molar-refractivity contribution in [2.75, 3.05) is 24.7 Å². The van der Waals surface area contributed by atoms with Crippen LogP contribution >= 0.6 is 11.6 Å². The number of fused-ring (bicyclic) bond motifs is 1. The smallest absolute Gasteiger partial charge is 0.417 e. The van der Waals surface area contributed by atoms with Gasteiger partial charge in [-0.2, -0.15) is 18.3 Å². The Morgan fingerprint density at radius 2 is 2.03 bits per heavy atom. The molecule has 0 N–H and O–H groups in total. The summed E-state index contributed by atoms with van der Waals surface area (Å²) in [4.78, 5) is 18.8. The Kier molecular flexibility index (Phi) is 5.81. The number of nitrogens with zero attached hydrogens (tertiary/aromatic N) is 4. The summed E-state index contributed by atoms with van der Waals surface area (Å²) in [5.41, 5.74) is 0.631. The van der Waals surface area contributed by atoms with Gasteiger partial charge in [-0.1, -0.05) is 11.6 Å². The van der Waals surface area contributed by atoms with Crippen LogP contribution in [0.25, 0.3) is 11.1 Å². The van der Waals surface area contributed by atoms with Crippen molar-refractivity contribution >= 4 is 23.2 Å². The van der Waals surface area contributed by atoms with Gasteiger partial charge in [0.05, 0.1) is 22.8 Å². The summed E-state index contributed by atoms with van der Waals surface area (Å²) < 4.78 is 58.4. The van der Waals surface area contributed by atoms with Gasteiger partial charge in [-0.15, -0.1) is 0 Å². The molecule has 1 atom stereocenters. The molecule has 32 heavy (non-hydrogen) atoms.